The Morgan fingerprint density at radius 2 is 1.70 bits per heavy atom. The summed E-state index contributed by atoms with van der Waals surface area (Å²) in [6, 6.07) is 12.1. The Morgan fingerprint density at radius 1 is 1.05 bits per heavy atom. The van der Waals surface area contributed by atoms with Crippen LogP contribution in [-0.2, 0) is 14.6 Å². The maximum absolute atomic E-state index is 12.5. The topological polar surface area (TPSA) is 86.5 Å². The lowest BCUT2D eigenvalue weighted by Gasteiger charge is -2.10. The van der Waals surface area contributed by atoms with E-state index in [4.69, 9.17) is 5.73 Å². The third-order valence-electron chi connectivity index (χ3n) is 2.81. The fourth-order valence-corrected chi connectivity index (χ4v) is 3.22. The molecule has 0 saturated heterocycles. The zero-order chi connectivity index (χ0) is 14.8. The number of carbonyl (C=O) groups excluding carboxylic acids is 1. The fraction of sp³-hybridized carbons (Fsp3) is 0.0714. The number of nitrogen functional groups attached to an aromatic ring is 1. The standard InChI is InChI=1S/C14H13NO4S/c1-19-14(16)11-8-5-9-12(13(11)15)20(17,18)10-6-3-2-4-7-10/h2-9H,15H2,1H3. The molecule has 5 nitrogen and oxygen atoms in total. The van der Waals surface area contributed by atoms with E-state index < -0.39 is 15.8 Å². The molecule has 0 atom stereocenters. The molecule has 0 fully saturated rings. The number of carbonyl (C=O) groups is 1. The van der Waals surface area contributed by atoms with Gasteiger partial charge in [-0.2, -0.15) is 0 Å². The number of benzene rings is 2. The lowest BCUT2D eigenvalue weighted by molar-refractivity contribution is 0.0601. The van der Waals surface area contributed by atoms with Crippen molar-refractivity contribution in [3.63, 3.8) is 0 Å². The van der Waals surface area contributed by atoms with Gasteiger partial charge < -0.3 is 10.5 Å². The van der Waals surface area contributed by atoms with Crippen LogP contribution >= 0.6 is 0 Å². The van der Waals surface area contributed by atoms with E-state index in [1.54, 1.807) is 18.2 Å². The Balaban J connectivity index is 2.62. The van der Waals surface area contributed by atoms with E-state index in [0.29, 0.717) is 0 Å². The zero-order valence-corrected chi connectivity index (χ0v) is 11.6. The number of hydrogen-bond acceptors (Lipinski definition) is 5. The number of nitrogens with two attached hydrogens (primary N) is 1. The molecule has 2 aromatic rings. The lowest BCUT2D eigenvalue weighted by Crippen LogP contribution is -2.11. The average molecular weight is 291 g/mol. The van der Waals surface area contributed by atoms with Gasteiger partial charge in [0.15, 0.2) is 0 Å². The van der Waals surface area contributed by atoms with Crippen LogP contribution < -0.4 is 5.73 Å². The molecule has 2 N–H and O–H groups in total. The number of sulfone groups is 1. The van der Waals surface area contributed by atoms with Gasteiger partial charge in [-0.25, -0.2) is 13.2 Å². The molecule has 20 heavy (non-hydrogen) atoms. The van der Waals surface area contributed by atoms with Crippen LogP contribution in [0.25, 0.3) is 0 Å². The number of esters is 1. The van der Waals surface area contributed by atoms with Crippen LogP contribution in [0.2, 0.25) is 0 Å². The maximum atomic E-state index is 12.5. The largest absolute Gasteiger partial charge is 0.465 e. The van der Waals surface area contributed by atoms with E-state index >= 15 is 0 Å². The molecule has 0 amide bonds. The summed E-state index contributed by atoms with van der Waals surface area (Å²) in [5, 5.41) is 0. The van der Waals surface area contributed by atoms with Crippen molar-refractivity contribution >= 4 is 21.5 Å². The van der Waals surface area contributed by atoms with E-state index in [1.807, 2.05) is 0 Å². The van der Waals surface area contributed by atoms with Crippen molar-refractivity contribution in [2.24, 2.45) is 0 Å². The number of rotatable bonds is 3. The van der Waals surface area contributed by atoms with E-state index in [-0.39, 0.29) is 21.0 Å². The van der Waals surface area contributed by atoms with E-state index in [9.17, 15) is 13.2 Å². The normalized spacial score (nSPS) is 11.1. The number of para-hydroxylation sites is 1. The summed E-state index contributed by atoms with van der Waals surface area (Å²) < 4.78 is 29.5. The van der Waals surface area contributed by atoms with Gasteiger partial charge in [-0.1, -0.05) is 24.3 Å². The molecule has 104 valence electrons. The van der Waals surface area contributed by atoms with Crippen LogP contribution in [0, 0.1) is 0 Å². The predicted molar refractivity (Wildman–Crippen MR) is 74.1 cm³/mol. The molecule has 0 bridgehead atoms. The summed E-state index contributed by atoms with van der Waals surface area (Å²) >= 11 is 0. The minimum Gasteiger partial charge on any atom is -0.465 e. The molecule has 0 aliphatic rings. The Hall–Kier alpha value is -2.34. The first-order valence-corrected chi connectivity index (χ1v) is 7.23. The van der Waals surface area contributed by atoms with Crippen molar-refractivity contribution in [2.75, 3.05) is 12.8 Å². The van der Waals surface area contributed by atoms with Crippen molar-refractivity contribution in [3.05, 3.63) is 54.1 Å². The van der Waals surface area contributed by atoms with Gasteiger partial charge >= 0.3 is 5.97 Å². The molecule has 6 heteroatoms. The lowest BCUT2D eigenvalue weighted by atomic mass is 10.2. The number of methoxy groups -OCH3 is 1. The second-order valence-electron chi connectivity index (χ2n) is 4.03. The highest BCUT2D eigenvalue weighted by Crippen LogP contribution is 2.28. The Morgan fingerprint density at radius 3 is 2.30 bits per heavy atom. The number of anilines is 1. The van der Waals surface area contributed by atoms with Crippen LogP contribution in [0.15, 0.2) is 58.3 Å². The number of hydrogen-bond donors (Lipinski definition) is 1. The monoisotopic (exact) mass is 291 g/mol. The summed E-state index contributed by atoms with van der Waals surface area (Å²) in [7, 11) is -2.56. The molecule has 0 aromatic heterocycles. The molecule has 0 heterocycles. The van der Waals surface area contributed by atoms with Gasteiger partial charge in [-0.3, -0.25) is 0 Å². The van der Waals surface area contributed by atoms with E-state index in [0.717, 1.165) is 0 Å². The van der Waals surface area contributed by atoms with Crippen molar-refractivity contribution in [2.45, 2.75) is 9.79 Å². The SMILES string of the molecule is COC(=O)c1cccc(S(=O)(=O)c2ccccc2)c1N. The molecule has 0 unspecified atom stereocenters. The van der Waals surface area contributed by atoms with Crippen LogP contribution in [0.3, 0.4) is 0 Å². The van der Waals surface area contributed by atoms with Crippen LogP contribution in [-0.4, -0.2) is 21.5 Å². The second-order valence-corrected chi connectivity index (χ2v) is 5.94. The molecular formula is C14H13NO4S. The number of ether oxygens (including phenoxy) is 1. The van der Waals surface area contributed by atoms with Crippen LogP contribution in [0.5, 0.6) is 0 Å². The highest BCUT2D eigenvalue weighted by molar-refractivity contribution is 7.91. The minimum atomic E-state index is -3.77. The molecule has 2 aromatic carbocycles. The molecule has 0 spiro atoms. The quantitative estimate of drug-likeness (QED) is 0.689. The molecule has 0 saturated carbocycles. The molecule has 2 rings (SSSR count). The van der Waals surface area contributed by atoms with Gasteiger partial charge in [-0.15, -0.1) is 0 Å². The first-order valence-electron chi connectivity index (χ1n) is 5.75. The first kappa shape index (κ1) is 14.1. The highest BCUT2D eigenvalue weighted by atomic mass is 32.2. The average Bonchev–Trinajstić information content (AvgIpc) is 2.47. The van der Waals surface area contributed by atoms with Gasteiger partial charge in [0.25, 0.3) is 0 Å². The first-order chi connectivity index (χ1) is 9.48. The molecule has 0 radical (unpaired) electrons. The predicted octanol–water partition coefficient (Wildman–Crippen LogP) is 1.89. The van der Waals surface area contributed by atoms with E-state index in [1.165, 1.54) is 37.4 Å². The van der Waals surface area contributed by atoms with Gasteiger partial charge in [0.2, 0.25) is 9.84 Å². The van der Waals surface area contributed by atoms with Crippen LogP contribution in [0.1, 0.15) is 10.4 Å². The highest BCUT2D eigenvalue weighted by Gasteiger charge is 2.23. The van der Waals surface area contributed by atoms with Crippen molar-refractivity contribution in [1.29, 1.82) is 0 Å². The molecular weight excluding hydrogens is 278 g/mol. The minimum absolute atomic E-state index is 0.0320. The maximum Gasteiger partial charge on any atom is 0.339 e. The Bertz CT molecular complexity index is 739. The van der Waals surface area contributed by atoms with Gasteiger partial charge in [-0.05, 0) is 24.3 Å². The van der Waals surface area contributed by atoms with E-state index in [2.05, 4.69) is 4.74 Å². The summed E-state index contributed by atoms with van der Waals surface area (Å²) in [5.74, 6) is -0.674. The van der Waals surface area contributed by atoms with Crippen molar-refractivity contribution in [3.8, 4) is 0 Å². The Labute approximate surface area is 116 Å². The fourth-order valence-electron chi connectivity index (χ4n) is 1.79. The Kier molecular flexibility index (Phi) is 3.76. The smallest absolute Gasteiger partial charge is 0.339 e. The van der Waals surface area contributed by atoms with Gasteiger partial charge in [0, 0.05) is 0 Å². The third kappa shape index (κ3) is 2.37. The summed E-state index contributed by atoms with van der Waals surface area (Å²) in [4.78, 5) is 11.6. The van der Waals surface area contributed by atoms with Gasteiger partial charge in [0.1, 0.15) is 0 Å². The van der Waals surface area contributed by atoms with Gasteiger partial charge in [0.05, 0.1) is 28.2 Å². The zero-order valence-electron chi connectivity index (χ0n) is 10.7. The molecule has 0 aliphatic carbocycles. The summed E-state index contributed by atoms with van der Waals surface area (Å²) in [6.07, 6.45) is 0. The summed E-state index contributed by atoms with van der Waals surface area (Å²) in [6.45, 7) is 0. The molecule has 0 aliphatic heterocycles. The summed E-state index contributed by atoms with van der Waals surface area (Å²) in [5.41, 5.74) is 5.73. The third-order valence-corrected chi connectivity index (χ3v) is 4.64. The van der Waals surface area contributed by atoms with Crippen molar-refractivity contribution < 1.29 is 17.9 Å². The second kappa shape index (κ2) is 5.34. The van der Waals surface area contributed by atoms with Crippen LogP contribution in [0.4, 0.5) is 5.69 Å². The van der Waals surface area contributed by atoms with Crippen molar-refractivity contribution in [1.82, 2.24) is 0 Å².